The van der Waals surface area contributed by atoms with Crippen LogP contribution in [0.15, 0.2) is 78.9 Å². The van der Waals surface area contributed by atoms with Crippen LogP contribution in [0.5, 0.6) is 11.8 Å². The standard InChI is InChI=1S/C32H30ClN3O5/c1-20-2-11-25(16-26(20)31(38)39)41-32-35-29-17-27(28(33)18-30(29)36-32)24-9-7-23(8-10-24)22-5-3-21(4-6-22)19-34-12-14-40-15-13-37/h2-11,16-18,34,37H,12-15,19H2,1H3,(H,35,36)(H,38,39). The first kappa shape index (κ1) is 28.3. The quantitative estimate of drug-likeness (QED) is 0.127. The molecule has 210 valence electrons. The number of nitrogens with zero attached hydrogens (tertiary/aromatic N) is 1. The van der Waals surface area contributed by atoms with Crippen LogP contribution in [-0.2, 0) is 11.3 Å². The summed E-state index contributed by atoms with van der Waals surface area (Å²) in [6.45, 7) is 4.18. The van der Waals surface area contributed by atoms with Gasteiger partial charge in [0.25, 0.3) is 6.01 Å². The smallest absolute Gasteiger partial charge is 0.336 e. The molecule has 8 nitrogen and oxygen atoms in total. The number of halogens is 1. The molecule has 41 heavy (non-hydrogen) atoms. The fourth-order valence-corrected chi connectivity index (χ4v) is 4.76. The Labute approximate surface area is 242 Å². The number of aromatic carboxylic acids is 1. The second-order valence-corrected chi connectivity index (χ2v) is 9.97. The summed E-state index contributed by atoms with van der Waals surface area (Å²) in [4.78, 5) is 19.1. The van der Waals surface area contributed by atoms with Gasteiger partial charge >= 0.3 is 5.97 Å². The molecule has 0 aliphatic carbocycles. The number of aliphatic hydroxyl groups is 1. The van der Waals surface area contributed by atoms with E-state index >= 15 is 0 Å². The first-order chi connectivity index (χ1) is 19.9. The molecule has 0 saturated carbocycles. The molecule has 0 amide bonds. The number of fused-ring (bicyclic) bond motifs is 1. The van der Waals surface area contributed by atoms with Crippen LogP contribution >= 0.6 is 11.6 Å². The van der Waals surface area contributed by atoms with Gasteiger partial charge in [0.05, 0.1) is 41.4 Å². The summed E-state index contributed by atoms with van der Waals surface area (Å²) in [6, 6.07) is 25.5. The van der Waals surface area contributed by atoms with E-state index in [0.29, 0.717) is 40.6 Å². The van der Waals surface area contributed by atoms with Gasteiger partial charge in [0.2, 0.25) is 0 Å². The predicted molar refractivity (Wildman–Crippen MR) is 160 cm³/mol. The van der Waals surface area contributed by atoms with Crippen molar-refractivity contribution in [2.45, 2.75) is 13.5 Å². The molecular weight excluding hydrogens is 542 g/mol. The third-order valence-electron chi connectivity index (χ3n) is 6.67. The second-order valence-electron chi connectivity index (χ2n) is 9.56. The number of carboxylic acids is 1. The molecule has 4 aromatic carbocycles. The van der Waals surface area contributed by atoms with Gasteiger partial charge in [-0.3, -0.25) is 0 Å². The Bertz CT molecular complexity index is 1650. The van der Waals surface area contributed by atoms with Crippen LogP contribution in [0, 0.1) is 6.92 Å². The normalized spacial score (nSPS) is 11.2. The van der Waals surface area contributed by atoms with E-state index in [1.165, 1.54) is 11.6 Å². The number of aliphatic hydroxyl groups excluding tert-OH is 1. The van der Waals surface area contributed by atoms with E-state index in [2.05, 4.69) is 51.7 Å². The maximum Gasteiger partial charge on any atom is 0.336 e. The van der Waals surface area contributed by atoms with Crippen molar-refractivity contribution in [3.05, 3.63) is 101 Å². The van der Waals surface area contributed by atoms with Gasteiger partial charge in [-0.2, -0.15) is 4.98 Å². The van der Waals surface area contributed by atoms with E-state index < -0.39 is 5.97 Å². The molecule has 0 bridgehead atoms. The van der Waals surface area contributed by atoms with E-state index in [1.807, 2.05) is 24.3 Å². The van der Waals surface area contributed by atoms with Gasteiger partial charge in [0.1, 0.15) is 5.75 Å². The summed E-state index contributed by atoms with van der Waals surface area (Å²) < 4.78 is 11.1. The third kappa shape index (κ3) is 6.93. The first-order valence-electron chi connectivity index (χ1n) is 13.2. The number of hydrogen-bond donors (Lipinski definition) is 4. The molecule has 0 fully saturated rings. The lowest BCUT2D eigenvalue weighted by Crippen LogP contribution is -2.19. The van der Waals surface area contributed by atoms with Gasteiger partial charge in [0, 0.05) is 18.7 Å². The minimum absolute atomic E-state index is 0.0412. The molecule has 4 N–H and O–H groups in total. The fraction of sp³-hybridized carbons (Fsp3) is 0.188. The molecule has 1 heterocycles. The summed E-state index contributed by atoms with van der Waals surface area (Å²) in [5, 5.41) is 22.0. The lowest BCUT2D eigenvalue weighted by Gasteiger charge is -2.09. The molecule has 0 saturated heterocycles. The lowest BCUT2D eigenvalue weighted by atomic mass is 9.99. The summed E-state index contributed by atoms with van der Waals surface area (Å²) in [5.41, 5.74) is 7.41. The zero-order chi connectivity index (χ0) is 28.8. The molecule has 9 heteroatoms. The molecule has 1 aromatic heterocycles. The van der Waals surface area contributed by atoms with E-state index in [4.69, 9.17) is 26.2 Å². The van der Waals surface area contributed by atoms with E-state index in [0.717, 1.165) is 35.3 Å². The highest BCUT2D eigenvalue weighted by Crippen LogP contribution is 2.34. The van der Waals surface area contributed by atoms with Gasteiger partial charge in [-0.25, -0.2) is 4.79 Å². The van der Waals surface area contributed by atoms with Gasteiger partial charge in [-0.1, -0.05) is 66.2 Å². The molecule has 0 atom stereocenters. The predicted octanol–water partition coefficient (Wildman–Crippen LogP) is 6.45. The molecule has 0 spiro atoms. The fourth-order valence-electron chi connectivity index (χ4n) is 4.48. The highest BCUT2D eigenvalue weighted by atomic mass is 35.5. The average Bonchev–Trinajstić information content (AvgIpc) is 3.36. The van der Waals surface area contributed by atoms with Crippen LogP contribution in [-0.4, -0.2) is 52.5 Å². The number of ether oxygens (including phenoxy) is 2. The molecule has 5 aromatic rings. The topological polar surface area (TPSA) is 117 Å². The van der Waals surface area contributed by atoms with Crippen LogP contribution in [0.2, 0.25) is 5.02 Å². The highest BCUT2D eigenvalue weighted by Gasteiger charge is 2.13. The monoisotopic (exact) mass is 571 g/mol. The summed E-state index contributed by atoms with van der Waals surface area (Å²) in [6.07, 6.45) is 0. The minimum atomic E-state index is -1.01. The van der Waals surface area contributed by atoms with Crippen LogP contribution in [0.1, 0.15) is 21.5 Å². The van der Waals surface area contributed by atoms with Crippen molar-refractivity contribution in [3.8, 4) is 34.0 Å². The number of benzene rings is 4. The molecule has 0 aliphatic heterocycles. The SMILES string of the molecule is Cc1ccc(Oc2nc3cc(-c4ccc(-c5ccc(CNCCOCCO)cc5)cc4)c(Cl)cc3[nH]2)cc1C(=O)O. The van der Waals surface area contributed by atoms with Crippen molar-refractivity contribution in [2.75, 3.05) is 26.4 Å². The zero-order valence-corrected chi connectivity index (χ0v) is 23.2. The molecule has 5 rings (SSSR count). The molecule has 0 radical (unpaired) electrons. The highest BCUT2D eigenvalue weighted by molar-refractivity contribution is 6.34. The van der Waals surface area contributed by atoms with E-state index in [9.17, 15) is 9.90 Å². The Morgan fingerprint density at radius 2 is 1.66 bits per heavy atom. The van der Waals surface area contributed by atoms with Crippen LogP contribution in [0.4, 0.5) is 0 Å². The number of aromatic amines is 1. The van der Waals surface area contributed by atoms with Gasteiger partial charge < -0.3 is 30.0 Å². The van der Waals surface area contributed by atoms with Gasteiger partial charge in [-0.05, 0) is 59.0 Å². The van der Waals surface area contributed by atoms with Crippen molar-refractivity contribution >= 4 is 28.6 Å². The van der Waals surface area contributed by atoms with Crippen molar-refractivity contribution < 1.29 is 24.5 Å². The maximum atomic E-state index is 11.5. The number of H-pyrrole nitrogens is 1. The zero-order valence-electron chi connectivity index (χ0n) is 22.5. The summed E-state index contributed by atoms with van der Waals surface area (Å²) >= 11 is 6.65. The van der Waals surface area contributed by atoms with Crippen LogP contribution < -0.4 is 10.1 Å². The van der Waals surface area contributed by atoms with Gasteiger partial charge in [-0.15, -0.1) is 0 Å². The number of aryl methyl sites for hydroxylation is 1. The van der Waals surface area contributed by atoms with Crippen molar-refractivity contribution in [1.82, 2.24) is 15.3 Å². The van der Waals surface area contributed by atoms with Crippen LogP contribution in [0.3, 0.4) is 0 Å². The van der Waals surface area contributed by atoms with Crippen molar-refractivity contribution in [2.24, 2.45) is 0 Å². The number of hydrogen-bond acceptors (Lipinski definition) is 6. The second kappa shape index (κ2) is 13.0. The summed E-state index contributed by atoms with van der Waals surface area (Å²) in [7, 11) is 0. The number of imidazole rings is 1. The Morgan fingerprint density at radius 3 is 2.37 bits per heavy atom. The first-order valence-corrected chi connectivity index (χ1v) is 13.6. The maximum absolute atomic E-state index is 11.5. The number of nitrogens with one attached hydrogen (secondary N) is 2. The molecular formula is C32H30ClN3O5. The largest absolute Gasteiger partial charge is 0.478 e. The van der Waals surface area contributed by atoms with Crippen molar-refractivity contribution in [1.29, 1.82) is 0 Å². The molecule has 0 aliphatic rings. The minimum Gasteiger partial charge on any atom is -0.478 e. The van der Waals surface area contributed by atoms with Crippen LogP contribution in [0.25, 0.3) is 33.3 Å². The Balaban J connectivity index is 1.27. The third-order valence-corrected chi connectivity index (χ3v) is 6.99. The Morgan fingerprint density at radius 1 is 0.951 bits per heavy atom. The number of aromatic nitrogens is 2. The Hall–Kier alpha value is -4.21. The van der Waals surface area contributed by atoms with Gasteiger partial charge in [0.15, 0.2) is 0 Å². The molecule has 0 unspecified atom stereocenters. The van der Waals surface area contributed by atoms with E-state index in [1.54, 1.807) is 19.1 Å². The number of carboxylic acid groups (broad SMARTS) is 1. The number of carbonyl (C=O) groups is 1. The van der Waals surface area contributed by atoms with E-state index in [-0.39, 0.29) is 18.2 Å². The average molecular weight is 572 g/mol. The number of rotatable bonds is 12. The van der Waals surface area contributed by atoms with Crippen molar-refractivity contribution in [3.63, 3.8) is 0 Å². The Kier molecular flexibility index (Phi) is 8.96. The summed E-state index contributed by atoms with van der Waals surface area (Å²) in [5.74, 6) is -0.635. The lowest BCUT2D eigenvalue weighted by molar-refractivity contribution is 0.0695.